The van der Waals surface area contributed by atoms with Gasteiger partial charge in [-0.25, -0.2) is 13.1 Å². The number of sulfonamides is 1. The summed E-state index contributed by atoms with van der Waals surface area (Å²) < 4.78 is 27.7. The summed E-state index contributed by atoms with van der Waals surface area (Å²) in [6, 6.07) is 1.38. The normalized spacial score (nSPS) is 18.9. The summed E-state index contributed by atoms with van der Waals surface area (Å²) in [5, 5.41) is 14.2. The number of hydrogen-bond acceptors (Lipinski definition) is 5. The first-order valence-electron chi connectivity index (χ1n) is 6.72. The molecule has 8 heteroatoms. The van der Waals surface area contributed by atoms with E-state index in [1.165, 1.54) is 6.92 Å². The predicted octanol–water partition coefficient (Wildman–Crippen LogP) is 1.16. The van der Waals surface area contributed by atoms with E-state index in [1.54, 1.807) is 19.9 Å². The van der Waals surface area contributed by atoms with Crippen LogP contribution < -0.4 is 10.0 Å². The fourth-order valence-corrected chi connectivity index (χ4v) is 4.63. The molecule has 116 valence electrons. The molecule has 0 aromatic heterocycles. The van der Waals surface area contributed by atoms with Crippen molar-refractivity contribution in [2.75, 3.05) is 13.1 Å². The van der Waals surface area contributed by atoms with Crippen molar-refractivity contribution in [3.63, 3.8) is 0 Å². The molecule has 1 aromatic rings. The third kappa shape index (κ3) is 3.07. The molecule has 1 aliphatic heterocycles. The fourth-order valence-electron chi connectivity index (χ4n) is 2.89. The van der Waals surface area contributed by atoms with Crippen LogP contribution in [0.1, 0.15) is 23.1 Å². The van der Waals surface area contributed by atoms with E-state index < -0.39 is 14.9 Å². The lowest BCUT2D eigenvalue weighted by Gasteiger charge is -2.16. The molecule has 0 aliphatic carbocycles. The smallest absolute Gasteiger partial charge is 0.276 e. The Hall–Kier alpha value is -1.51. The Morgan fingerprint density at radius 3 is 2.52 bits per heavy atom. The number of nitrogens with one attached hydrogen (secondary N) is 2. The highest BCUT2D eigenvalue weighted by Crippen LogP contribution is 2.31. The van der Waals surface area contributed by atoms with E-state index in [2.05, 4.69) is 10.0 Å². The van der Waals surface area contributed by atoms with Gasteiger partial charge in [0.2, 0.25) is 10.0 Å². The van der Waals surface area contributed by atoms with Gasteiger partial charge in [0.1, 0.15) is 0 Å². The number of benzene rings is 1. The quantitative estimate of drug-likeness (QED) is 0.641. The van der Waals surface area contributed by atoms with Crippen molar-refractivity contribution in [2.45, 2.75) is 38.1 Å². The molecule has 0 saturated carbocycles. The summed E-state index contributed by atoms with van der Waals surface area (Å²) in [5.74, 6) is 0. The van der Waals surface area contributed by atoms with Crippen LogP contribution in [-0.4, -0.2) is 32.5 Å². The zero-order valence-electron chi connectivity index (χ0n) is 12.3. The molecule has 0 amide bonds. The number of nitro groups is 1. The minimum atomic E-state index is -3.77. The molecule has 1 saturated heterocycles. The van der Waals surface area contributed by atoms with Gasteiger partial charge in [0.25, 0.3) is 5.69 Å². The first-order chi connectivity index (χ1) is 9.74. The summed E-state index contributed by atoms with van der Waals surface area (Å²) in [5.41, 5.74) is 1.05. The summed E-state index contributed by atoms with van der Waals surface area (Å²) in [6.07, 6.45) is 0.714. The van der Waals surface area contributed by atoms with E-state index in [-0.39, 0.29) is 22.2 Å². The molecule has 1 aromatic carbocycles. The minimum absolute atomic E-state index is 0.0201. The van der Waals surface area contributed by atoms with Crippen LogP contribution in [0.2, 0.25) is 0 Å². The number of nitrogens with zero attached hydrogens (tertiary/aromatic N) is 1. The van der Waals surface area contributed by atoms with E-state index in [9.17, 15) is 18.5 Å². The first-order valence-corrected chi connectivity index (χ1v) is 8.20. The van der Waals surface area contributed by atoms with Gasteiger partial charge in [-0.3, -0.25) is 10.1 Å². The monoisotopic (exact) mass is 313 g/mol. The molecule has 1 aliphatic rings. The lowest BCUT2D eigenvalue weighted by molar-refractivity contribution is -0.386. The highest BCUT2D eigenvalue weighted by atomic mass is 32.2. The highest BCUT2D eigenvalue weighted by molar-refractivity contribution is 7.89. The molecule has 21 heavy (non-hydrogen) atoms. The first kappa shape index (κ1) is 15.9. The molecule has 0 spiro atoms. The van der Waals surface area contributed by atoms with Crippen LogP contribution in [0.3, 0.4) is 0 Å². The van der Waals surface area contributed by atoms with Crippen LogP contribution >= 0.6 is 0 Å². The molecular formula is C13H19N3O4S. The standard InChI is InChI=1S/C13H19N3O4S/c1-8-6-9(2)13(10(3)12(8)16(17)18)21(19,20)15-11-4-5-14-7-11/h6,11,14-15H,4-5,7H2,1-3H3/t11-/m0/s1. The third-order valence-corrected chi connectivity index (χ3v) is 5.50. The lowest BCUT2D eigenvalue weighted by atomic mass is 10.1. The van der Waals surface area contributed by atoms with Crippen LogP contribution in [0.5, 0.6) is 0 Å². The molecular weight excluding hydrogens is 294 g/mol. The van der Waals surface area contributed by atoms with Crippen molar-refractivity contribution >= 4 is 15.7 Å². The van der Waals surface area contributed by atoms with Crippen molar-refractivity contribution in [1.29, 1.82) is 0 Å². The number of hydrogen-bond donors (Lipinski definition) is 2. The molecule has 2 rings (SSSR count). The van der Waals surface area contributed by atoms with Gasteiger partial charge in [-0.15, -0.1) is 0 Å². The maximum Gasteiger partial charge on any atom is 0.276 e. The van der Waals surface area contributed by atoms with Crippen molar-refractivity contribution in [3.05, 3.63) is 32.9 Å². The maximum absolute atomic E-state index is 12.6. The molecule has 7 nitrogen and oxygen atoms in total. The molecule has 0 bridgehead atoms. The highest BCUT2D eigenvalue weighted by Gasteiger charge is 2.30. The SMILES string of the molecule is Cc1cc(C)c(S(=O)(=O)N[C@H]2CCNC2)c(C)c1[N+](=O)[O-]. The Bertz CT molecular complexity index is 679. The molecule has 1 fully saturated rings. The average molecular weight is 313 g/mol. The van der Waals surface area contributed by atoms with Crippen LogP contribution in [0.15, 0.2) is 11.0 Å². The second-order valence-corrected chi connectivity index (χ2v) is 7.03. The van der Waals surface area contributed by atoms with E-state index >= 15 is 0 Å². The van der Waals surface area contributed by atoms with Gasteiger partial charge in [-0.2, -0.15) is 0 Å². The van der Waals surface area contributed by atoms with Gasteiger partial charge < -0.3 is 5.32 Å². The summed E-state index contributed by atoms with van der Waals surface area (Å²) in [4.78, 5) is 10.7. The topological polar surface area (TPSA) is 101 Å². The Balaban J connectivity index is 2.52. The Morgan fingerprint density at radius 2 is 2.00 bits per heavy atom. The van der Waals surface area contributed by atoms with Gasteiger partial charge in [0.05, 0.1) is 9.82 Å². The van der Waals surface area contributed by atoms with Gasteiger partial charge in [-0.1, -0.05) is 0 Å². The molecule has 0 unspecified atom stereocenters. The average Bonchev–Trinajstić information content (AvgIpc) is 2.78. The Kier molecular flexibility index (Phi) is 4.31. The van der Waals surface area contributed by atoms with E-state index in [0.717, 1.165) is 6.54 Å². The second-order valence-electron chi connectivity index (χ2n) is 5.38. The van der Waals surface area contributed by atoms with Gasteiger partial charge in [-0.05, 0) is 45.4 Å². The summed E-state index contributed by atoms with van der Waals surface area (Å²) in [6.45, 7) is 6.10. The molecule has 1 atom stereocenters. The molecule has 0 radical (unpaired) electrons. The van der Waals surface area contributed by atoms with E-state index in [0.29, 0.717) is 24.1 Å². The summed E-state index contributed by atoms with van der Waals surface area (Å²) >= 11 is 0. The maximum atomic E-state index is 12.6. The van der Waals surface area contributed by atoms with Gasteiger partial charge >= 0.3 is 0 Å². The van der Waals surface area contributed by atoms with E-state index in [1.807, 2.05) is 0 Å². The molecule has 2 N–H and O–H groups in total. The lowest BCUT2D eigenvalue weighted by Crippen LogP contribution is -2.37. The Morgan fingerprint density at radius 1 is 1.33 bits per heavy atom. The van der Waals surface area contributed by atoms with Crippen LogP contribution in [0.25, 0.3) is 0 Å². The summed E-state index contributed by atoms with van der Waals surface area (Å²) in [7, 11) is -3.77. The zero-order valence-corrected chi connectivity index (χ0v) is 13.1. The predicted molar refractivity (Wildman–Crippen MR) is 78.9 cm³/mol. The fraction of sp³-hybridized carbons (Fsp3) is 0.538. The van der Waals surface area contributed by atoms with Crippen molar-refractivity contribution in [2.24, 2.45) is 0 Å². The minimum Gasteiger partial charge on any atom is -0.315 e. The molecule has 1 heterocycles. The van der Waals surface area contributed by atoms with Crippen LogP contribution in [0, 0.1) is 30.9 Å². The zero-order chi connectivity index (χ0) is 15.8. The van der Waals surface area contributed by atoms with Crippen LogP contribution in [-0.2, 0) is 10.0 Å². The van der Waals surface area contributed by atoms with E-state index in [4.69, 9.17) is 0 Å². The van der Waals surface area contributed by atoms with Gasteiger partial charge in [0.15, 0.2) is 0 Å². The largest absolute Gasteiger partial charge is 0.315 e. The second kappa shape index (κ2) is 5.70. The van der Waals surface area contributed by atoms with Crippen molar-refractivity contribution in [3.8, 4) is 0 Å². The van der Waals surface area contributed by atoms with Crippen LogP contribution in [0.4, 0.5) is 5.69 Å². The van der Waals surface area contributed by atoms with Crippen molar-refractivity contribution < 1.29 is 13.3 Å². The number of nitro benzene ring substituents is 1. The number of rotatable bonds is 4. The van der Waals surface area contributed by atoms with Crippen molar-refractivity contribution in [1.82, 2.24) is 10.0 Å². The Labute approximate surface area is 123 Å². The van der Waals surface area contributed by atoms with Gasteiger partial charge in [0, 0.05) is 23.7 Å². The number of aryl methyl sites for hydroxylation is 2. The third-order valence-electron chi connectivity index (χ3n) is 3.69.